The third-order valence-electron chi connectivity index (χ3n) is 2.46. The minimum Gasteiger partial charge on any atom is -0.317 e. The average molecular weight is 157 g/mol. The van der Waals surface area contributed by atoms with E-state index in [1.54, 1.807) is 0 Å². The zero-order chi connectivity index (χ0) is 8.85. The fourth-order valence-electron chi connectivity index (χ4n) is 1.57. The molecule has 0 saturated heterocycles. The van der Waals surface area contributed by atoms with Crippen molar-refractivity contribution in [3.05, 3.63) is 0 Å². The SMILES string of the molecule is CCC(CC(C)C)C(C)NC. The van der Waals surface area contributed by atoms with Crippen LogP contribution in [0.15, 0.2) is 0 Å². The van der Waals surface area contributed by atoms with Gasteiger partial charge in [0, 0.05) is 6.04 Å². The van der Waals surface area contributed by atoms with Crippen molar-refractivity contribution >= 4 is 0 Å². The van der Waals surface area contributed by atoms with Crippen molar-refractivity contribution in [2.24, 2.45) is 11.8 Å². The molecule has 0 aliphatic heterocycles. The maximum absolute atomic E-state index is 3.32. The van der Waals surface area contributed by atoms with Gasteiger partial charge < -0.3 is 5.32 Å². The molecule has 0 aromatic rings. The van der Waals surface area contributed by atoms with Gasteiger partial charge in [-0.15, -0.1) is 0 Å². The second-order valence-corrected chi connectivity index (χ2v) is 3.88. The van der Waals surface area contributed by atoms with E-state index in [0.29, 0.717) is 6.04 Å². The summed E-state index contributed by atoms with van der Waals surface area (Å²) in [6.07, 6.45) is 2.64. The fraction of sp³-hybridized carbons (Fsp3) is 1.00. The minimum atomic E-state index is 0.669. The number of hydrogen-bond donors (Lipinski definition) is 1. The monoisotopic (exact) mass is 157 g/mol. The molecule has 0 saturated carbocycles. The highest BCUT2D eigenvalue weighted by atomic mass is 14.9. The molecule has 0 aliphatic carbocycles. The van der Waals surface area contributed by atoms with Gasteiger partial charge in [0.05, 0.1) is 0 Å². The third kappa shape index (κ3) is 4.41. The Hall–Kier alpha value is -0.0400. The van der Waals surface area contributed by atoms with Crippen molar-refractivity contribution in [1.29, 1.82) is 0 Å². The topological polar surface area (TPSA) is 12.0 Å². The van der Waals surface area contributed by atoms with Gasteiger partial charge in [-0.2, -0.15) is 0 Å². The van der Waals surface area contributed by atoms with Crippen LogP contribution < -0.4 is 5.32 Å². The first-order chi connectivity index (χ1) is 5.11. The van der Waals surface area contributed by atoms with Gasteiger partial charge in [-0.05, 0) is 32.2 Å². The summed E-state index contributed by atoms with van der Waals surface area (Å²) >= 11 is 0. The van der Waals surface area contributed by atoms with E-state index in [1.165, 1.54) is 12.8 Å². The Kier molecular flexibility index (Phi) is 5.57. The van der Waals surface area contributed by atoms with E-state index >= 15 is 0 Å². The molecule has 0 bridgehead atoms. The van der Waals surface area contributed by atoms with E-state index in [4.69, 9.17) is 0 Å². The van der Waals surface area contributed by atoms with Crippen LogP contribution in [0.5, 0.6) is 0 Å². The molecule has 0 spiro atoms. The summed E-state index contributed by atoms with van der Waals surface area (Å²) in [4.78, 5) is 0. The highest BCUT2D eigenvalue weighted by molar-refractivity contribution is 4.70. The lowest BCUT2D eigenvalue weighted by Crippen LogP contribution is -2.30. The van der Waals surface area contributed by atoms with Crippen molar-refractivity contribution in [3.63, 3.8) is 0 Å². The molecule has 1 N–H and O–H groups in total. The highest BCUT2D eigenvalue weighted by Crippen LogP contribution is 2.18. The van der Waals surface area contributed by atoms with Gasteiger partial charge in [0.1, 0.15) is 0 Å². The lowest BCUT2D eigenvalue weighted by atomic mass is 9.89. The molecule has 0 aliphatic rings. The van der Waals surface area contributed by atoms with E-state index in [2.05, 4.69) is 33.0 Å². The number of rotatable bonds is 5. The van der Waals surface area contributed by atoms with E-state index in [0.717, 1.165) is 11.8 Å². The van der Waals surface area contributed by atoms with E-state index in [9.17, 15) is 0 Å². The second kappa shape index (κ2) is 5.59. The molecule has 0 radical (unpaired) electrons. The Morgan fingerprint density at radius 3 is 2.00 bits per heavy atom. The Morgan fingerprint density at radius 2 is 1.73 bits per heavy atom. The van der Waals surface area contributed by atoms with Crippen molar-refractivity contribution in [2.75, 3.05) is 7.05 Å². The van der Waals surface area contributed by atoms with Crippen molar-refractivity contribution in [1.82, 2.24) is 5.32 Å². The molecule has 0 fully saturated rings. The van der Waals surface area contributed by atoms with Crippen molar-refractivity contribution in [2.45, 2.75) is 46.6 Å². The minimum absolute atomic E-state index is 0.669. The molecule has 68 valence electrons. The Balaban J connectivity index is 3.74. The molecular formula is C10H23N. The summed E-state index contributed by atoms with van der Waals surface area (Å²) in [5, 5.41) is 3.32. The number of nitrogens with one attached hydrogen (secondary N) is 1. The van der Waals surface area contributed by atoms with E-state index < -0.39 is 0 Å². The van der Waals surface area contributed by atoms with Crippen LogP contribution in [0.1, 0.15) is 40.5 Å². The van der Waals surface area contributed by atoms with Gasteiger partial charge in [-0.25, -0.2) is 0 Å². The second-order valence-electron chi connectivity index (χ2n) is 3.88. The smallest absolute Gasteiger partial charge is 0.00639 e. The molecule has 11 heavy (non-hydrogen) atoms. The summed E-state index contributed by atoms with van der Waals surface area (Å²) in [5.41, 5.74) is 0. The van der Waals surface area contributed by atoms with Crippen molar-refractivity contribution in [3.8, 4) is 0 Å². The quantitative estimate of drug-likeness (QED) is 0.647. The highest BCUT2D eigenvalue weighted by Gasteiger charge is 2.14. The third-order valence-corrected chi connectivity index (χ3v) is 2.46. The molecule has 2 unspecified atom stereocenters. The predicted octanol–water partition coefficient (Wildman–Crippen LogP) is 2.67. The Morgan fingerprint density at radius 1 is 1.18 bits per heavy atom. The molecule has 0 amide bonds. The normalized spacial score (nSPS) is 16.9. The molecule has 0 aromatic heterocycles. The molecule has 0 rings (SSSR count). The Bertz CT molecular complexity index is 88.9. The van der Waals surface area contributed by atoms with Gasteiger partial charge in [0.25, 0.3) is 0 Å². The lowest BCUT2D eigenvalue weighted by molar-refractivity contribution is 0.320. The van der Waals surface area contributed by atoms with Gasteiger partial charge in [-0.1, -0.05) is 27.2 Å². The summed E-state index contributed by atoms with van der Waals surface area (Å²) < 4.78 is 0. The lowest BCUT2D eigenvalue weighted by Gasteiger charge is -2.23. The zero-order valence-corrected chi connectivity index (χ0v) is 8.65. The fourth-order valence-corrected chi connectivity index (χ4v) is 1.57. The maximum Gasteiger partial charge on any atom is 0.00639 e. The van der Waals surface area contributed by atoms with Crippen LogP contribution in [0.3, 0.4) is 0 Å². The van der Waals surface area contributed by atoms with Gasteiger partial charge in [-0.3, -0.25) is 0 Å². The first-order valence-corrected chi connectivity index (χ1v) is 4.79. The molecule has 1 heteroatoms. The summed E-state index contributed by atoms with van der Waals surface area (Å²) in [7, 11) is 2.05. The van der Waals surface area contributed by atoms with Crippen LogP contribution in [0.4, 0.5) is 0 Å². The molecule has 2 atom stereocenters. The molecule has 0 aromatic carbocycles. The maximum atomic E-state index is 3.32. The van der Waals surface area contributed by atoms with E-state index in [1.807, 2.05) is 7.05 Å². The average Bonchev–Trinajstić information content (AvgIpc) is 1.98. The van der Waals surface area contributed by atoms with Gasteiger partial charge in [0.2, 0.25) is 0 Å². The van der Waals surface area contributed by atoms with Gasteiger partial charge in [0.15, 0.2) is 0 Å². The summed E-state index contributed by atoms with van der Waals surface area (Å²) in [6.45, 7) is 9.15. The van der Waals surface area contributed by atoms with Crippen LogP contribution in [0, 0.1) is 11.8 Å². The van der Waals surface area contributed by atoms with Crippen LogP contribution >= 0.6 is 0 Å². The van der Waals surface area contributed by atoms with Crippen LogP contribution in [0.2, 0.25) is 0 Å². The number of hydrogen-bond acceptors (Lipinski definition) is 1. The van der Waals surface area contributed by atoms with E-state index in [-0.39, 0.29) is 0 Å². The summed E-state index contributed by atoms with van der Waals surface area (Å²) in [5.74, 6) is 1.68. The molecule has 0 heterocycles. The predicted molar refractivity (Wildman–Crippen MR) is 51.8 cm³/mol. The largest absolute Gasteiger partial charge is 0.317 e. The van der Waals surface area contributed by atoms with Gasteiger partial charge >= 0.3 is 0 Å². The van der Waals surface area contributed by atoms with Crippen molar-refractivity contribution < 1.29 is 0 Å². The Labute approximate surface area is 71.6 Å². The first-order valence-electron chi connectivity index (χ1n) is 4.79. The standard InChI is InChI=1S/C10H23N/c1-6-10(7-8(2)3)9(4)11-5/h8-11H,6-7H2,1-5H3. The zero-order valence-electron chi connectivity index (χ0n) is 8.65. The van der Waals surface area contributed by atoms with Crippen LogP contribution in [0.25, 0.3) is 0 Å². The summed E-state index contributed by atoms with van der Waals surface area (Å²) in [6, 6.07) is 0.669. The van der Waals surface area contributed by atoms with Crippen LogP contribution in [-0.4, -0.2) is 13.1 Å². The molecular weight excluding hydrogens is 134 g/mol. The van der Waals surface area contributed by atoms with Crippen LogP contribution in [-0.2, 0) is 0 Å². The first kappa shape index (κ1) is 11.0. The molecule has 1 nitrogen and oxygen atoms in total.